The standard InChI is InChI=1S/C18H16BrN5OS/c1-12(25)20-15-6-8-16(9-7-15)23-10-24-17(21-22-18(24)26-11-23)13-2-4-14(19)5-3-13/h2-9H,10-11H2,1H3,(H,20,25). The zero-order chi connectivity index (χ0) is 18.1. The van der Waals surface area contributed by atoms with Gasteiger partial charge in [-0.2, -0.15) is 0 Å². The van der Waals surface area contributed by atoms with Crippen LogP contribution in [0.1, 0.15) is 6.92 Å². The maximum absolute atomic E-state index is 11.2. The van der Waals surface area contributed by atoms with Gasteiger partial charge in [0.15, 0.2) is 11.0 Å². The van der Waals surface area contributed by atoms with Crippen molar-refractivity contribution in [2.45, 2.75) is 18.7 Å². The highest BCUT2D eigenvalue weighted by Crippen LogP contribution is 2.32. The van der Waals surface area contributed by atoms with E-state index in [1.54, 1.807) is 11.8 Å². The van der Waals surface area contributed by atoms with Crippen molar-refractivity contribution in [3.05, 3.63) is 53.0 Å². The van der Waals surface area contributed by atoms with Crippen molar-refractivity contribution in [3.8, 4) is 11.4 Å². The molecular formula is C18H16BrN5OS. The molecule has 8 heteroatoms. The van der Waals surface area contributed by atoms with Crippen LogP contribution in [0.3, 0.4) is 0 Å². The summed E-state index contributed by atoms with van der Waals surface area (Å²) in [6.07, 6.45) is 0. The van der Waals surface area contributed by atoms with Gasteiger partial charge in [-0.1, -0.05) is 39.8 Å². The van der Waals surface area contributed by atoms with Crippen LogP contribution in [0.25, 0.3) is 11.4 Å². The summed E-state index contributed by atoms with van der Waals surface area (Å²) in [5, 5.41) is 12.4. The zero-order valence-corrected chi connectivity index (χ0v) is 16.4. The number of carbonyl (C=O) groups excluding carboxylic acids is 1. The second-order valence-electron chi connectivity index (χ2n) is 5.92. The van der Waals surface area contributed by atoms with E-state index in [4.69, 9.17) is 0 Å². The summed E-state index contributed by atoms with van der Waals surface area (Å²) < 4.78 is 3.16. The number of hydrogen-bond acceptors (Lipinski definition) is 5. The highest BCUT2D eigenvalue weighted by molar-refractivity contribution is 9.10. The van der Waals surface area contributed by atoms with Crippen molar-refractivity contribution in [1.29, 1.82) is 0 Å². The van der Waals surface area contributed by atoms with E-state index in [0.717, 1.165) is 38.3 Å². The summed E-state index contributed by atoms with van der Waals surface area (Å²) in [6, 6.07) is 15.9. The minimum Gasteiger partial charge on any atom is -0.344 e. The molecule has 0 fully saturated rings. The van der Waals surface area contributed by atoms with Crippen LogP contribution >= 0.6 is 27.7 Å². The minimum atomic E-state index is -0.0699. The van der Waals surface area contributed by atoms with Gasteiger partial charge < -0.3 is 10.2 Å². The van der Waals surface area contributed by atoms with E-state index in [9.17, 15) is 4.79 Å². The van der Waals surface area contributed by atoms with E-state index < -0.39 is 0 Å². The molecule has 4 rings (SSSR count). The van der Waals surface area contributed by atoms with Crippen LogP contribution in [0.5, 0.6) is 0 Å². The fourth-order valence-corrected chi connectivity index (χ4v) is 3.96. The van der Waals surface area contributed by atoms with Gasteiger partial charge >= 0.3 is 0 Å². The van der Waals surface area contributed by atoms with Gasteiger partial charge in [0.1, 0.15) is 0 Å². The van der Waals surface area contributed by atoms with Crippen LogP contribution in [0.4, 0.5) is 11.4 Å². The van der Waals surface area contributed by atoms with Gasteiger partial charge in [0, 0.05) is 28.3 Å². The van der Waals surface area contributed by atoms with E-state index in [1.807, 2.05) is 48.5 Å². The second-order valence-corrected chi connectivity index (χ2v) is 7.75. The van der Waals surface area contributed by atoms with Crippen LogP contribution in [0, 0.1) is 0 Å². The van der Waals surface area contributed by atoms with Gasteiger partial charge in [-0.15, -0.1) is 10.2 Å². The third kappa shape index (κ3) is 3.47. The molecule has 2 heterocycles. The predicted octanol–water partition coefficient (Wildman–Crippen LogP) is 4.19. The first-order valence-electron chi connectivity index (χ1n) is 8.05. The average molecular weight is 430 g/mol. The van der Waals surface area contributed by atoms with Gasteiger partial charge in [-0.25, -0.2) is 0 Å². The SMILES string of the molecule is CC(=O)Nc1ccc(N2CSc3nnc(-c4ccc(Br)cc4)n3C2)cc1. The van der Waals surface area contributed by atoms with Crippen molar-refractivity contribution in [2.24, 2.45) is 0 Å². The molecule has 1 amide bonds. The number of rotatable bonds is 3. The van der Waals surface area contributed by atoms with Crippen molar-refractivity contribution in [1.82, 2.24) is 14.8 Å². The van der Waals surface area contributed by atoms with Crippen LogP contribution in [0.2, 0.25) is 0 Å². The molecule has 0 saturated heterocycles. The Kier molecular flexibility index (Phi) is 4.69. The Bertz CT molecular complexity index is 939. The fraction of sp³-hybridized carbons (Fsp3) is 0.167. The molecule has 6 nitrogen and oxygen atoms in total. The molecule has 0 unspecified atom stereocenters. The van der Waals surface area contributed by atoms with Gasteiger partial charge in [0.05, 0.1) is 12.5 Å². The quantitative estimate of drug-likeness (QED) is 0.675. The van der Waals surface area contributed by atoms with Crippen molar-refractivity contribution in [2.75, 3.05) is 16.1 Å². The van der Waals surface area contributed by atoms with E-state index in [1.165, 1.54) is 6.92 Å². The first-order valence-corrected chi connectivity index (χ1v) is 9.82. The molecule has 1 aliphatic heterocycles. The molecule has 2 aromatic carbocycles. The van der Waals surface area contributed by atoms with Gasteiger partial charge in [0.2, 0.25) is 5.91 Å². The van der Waals surface area contributed by atoms with Crippen molar-refractivity contribution < 1.29 is 4.79 Å². The van der Waals surface area contributed by atoms with Crippen LogP contribution in [-0.2, 0) is 11.5 Å². The van der Waals surface area contributed by atoms with Gasteiger partial charge in [-0.3, -0.25) is 9.36 Å². The highest BCUT2D eigenvalue weighted by Gasteiger charge is 2.22. The molecule has 0 radical (unpaired) electrons. The maximum atomic E-state index is 11.2. The second kappa shape index (κ2) is 7.13. The largest absolute Gasteiger partial charge is 0.344 e. The lowest BCUT2D eigenvalue weighted by atomic mass is 10.2. The number of aromatic nitrogens is 3. The monoisotopic (exact) mass is 429 g/mol. The van der Waals surface area contributed by atoms with Gasteiger partial charge in [0.25, 0.3) is 0 Å². The predicted molar refractivity (Wildman–Crippen MR) is 107 cm³/mol. The Labute approximate surface area is 163 Å². The van der Waals surface area contributed by atoms with Crippen LogP contribution < -0.4 is 10.2 Å². The summed E-state index contributed by atoms with van der Waals surface area (Å²) in [6.45, 7) is 2.19. The summed E-state index contributed by atoms with van der Waals surface area (Å²) in [5.74, 6) is 1.59. The number of benzene rings is 2. The number of anilines is 2. The molecule has 132 valence electrons. The Morgan fingerprint density at radius 3 is 2.54 bits per heavy atom. The summed E-state index contributed by atoms with van der Waals surface area (Å²) in [4.78, 5) is 13.4. The number of carbonyl (C=O) groups is 1. The number of fused-ring (bicyclic) bond motifs is 1. The molecule has 0 bridgehead atoms. The van der Waals surface area contributed by atoms with Crippen LogP contribution in [-0.4, -0.2) is 26.5 Å². The number of thioether (sulfide) groups is 1. The third-order valence-corrected chi connectivity index (χ3v) is 5.56. The number of nitrogens with zero attached hydrogens (tertiary/aromatic N) is 4. The normalized spacial score (nSPS) is 13.4. The Morgan fingerprint density at radius 1 is 1.12 bits per heavy atom. The summed E-state index contributed by atoms with van der Waals surface area (Å²) in [5.41, 5.74) is 2.93. The summed E-state index contributed by atoms with van der Waals surface area (Å²) >= 11 is 5.12. The molecule has 0 spiro atoms. The third-order valence-electron chi connectivity index (χ3n) is 4.03. The molecule has 0 aliphatic carbocycles. The zero-order valence-electron chi connectivity index (χ0n) is 14.0. The number of halogens is 1. The topological polar surface area (TPSA) is 63.1 Å². The van der Waals surface area contributed by atoms with E-state index in [0.29, 0.717) is 6.67 Å². The minimum absolute atomic E-state index is 0.0699. The lowest BCUT2D eigenvalue weighted by molar-refractivity contribution is -0.114. The Morgan fingerprint density at radius 2 is 1.85 bits per heavy atom. The molecule has 1 N–H and O–H groups in total. The first-order chi connectivity index (χ1) is 12.6. The fourth-order valence-electron chi connectivity index (χ4n) is 2.80. The molecule has 0 atom stereocenters. The maximum Gasteiger partial charge on any atom is 0.221 e. The molecule has 1 aromatic heterocycles. The smallest absolute Gasteiger partial charge is 0.221 e. The average Bonchev–Trinajstić information content (AvgIpc) is 3.06. The van der Waals surface area contributed by atoms with Crippen molar-refractivity contribution >= 4 is 45.0 Å². The number of hydrogen-bond donors (Lipinski definition) is 1. The Hall–Kier alpha value is -2.32. The summed E-state index contributed by atoms with van der Waals surface area (Å²) in [7, 11) is 0. The van der Waals surface area contributed by atoms with Gasteiger partial charge in [-0.05, 0) is 36.4 Å². The van der Waals surface area contributed by atoms with Crippen molar-refractivity contribution in [3.63, 3.8) is 0 Å². The molecular weight excluding hydrogens is 414 g/mol. The van der Waals surface area contributed by atoms with E-state index >= 15 is 0 Å². The lowest BCUT2D eigenvalue weighted by Gasteiger charge is -2.29. The van der Waals surface area contributed by atoms with E-state index in [2.05, 4.69) is 40.9 Å². The number of amides is 1. The first kappa shape index (κ1) is 17.1. The molecule has 0 saturated carbocycles. The highest BCUT2D eigenvalue weighted by atomic mass is 79.9. The molecule has 3 aromatic rings. The van der Waals surface area contributed by atoms with Crippen LogP contribution in [0.15, 0.2) is 58.2 Å². The Balaban J connectivity index is 1.58. The molecule has 26 heavy (non-hydrogen) atoms. The number of nitrogens with one attached hydrogen (secondary N) is 1. The molecule has 1 aliphatic rings. The van der Waals surface area contributed by atoms with E-state index in [-0.39, 0.29) is 5.91 Å². The lowest BCUT2D eigenvalue weighted by Crippen LogP contribution is -2.30.